The standard InChI is InChI=1S/C12H10ClN5O5/c1-7-11(13)12(18(22)23)15-16(7)6-10(19)14-8-2-4-9(5-3-8)17(20)21/h2-5H,6H2,1H3,(H,14,19). The Kier molecular flexibility index (Phi) is 4.55. The van der Waals surface area contributed by atoms with Crippen LogP contribution in [0.2, 0.25) is 5.02 Å². The van der Waals surface area contributed by atoms with Gasteiger partial charge in [0.05, 0.1) is 15.7 Å². The van der Waals surface area contributed by atoms with E-state index in [0.717, 1.165) is 4.68 Å². The van der Waals surface area contributed by atoms with Crippen LogP contribution in [0.5, 0.6) is 0 Å². The van der Waals surface area contributed by atoms with E-state index in [-0.39, 0.29) is 22.9 Å². The van der Waals surface area contributed by atoms with Crippen molar-refractivity contribution in [2.45, 2.75) is 13.5 Å². The first-order chi connectivity index (χ1) is 10.8. The number of amides is 1. The number of nitro benzene ring substituents is 1. The van der Waals surface area contributed by atoms with Crippen molar-refractivity contribution < 1.29 is 14.6 Å². The van der Waals surface area contributed by atoms with Gasteiger partial charge < -0.3 is 15.4 Å². The predicted molar refractivity (Wildman–Crippen MR) is 80.4 cm³/mol. The number of anilines is 1. The van der Waals surface area contributed by atoms with Gasteiger partial charge in [0.25, 0.3) is 5.69 Å². The van der Waals surface area contributed by atoms with Crippen LogP contribution < -0.4 is 5.32 Å². The molecule has 0 radical (unpaired) electrons. The average molecular weight is 340 g/mol. The number of benzene rings is 1. The first-order valence-corrected chi connectivity index (χ1v) is 6.59. The van der Waals surface area contributed by atoms with Gasteiger partial charge in [0.1, 0.15) is 6.54 Å². The number of hydrogen-bond acceptors (Lipinski definition) is 6. The second kappa shape index (κ2) is 6.40. The second-order valence-electron chi connectivity index (χ2n) is 4.49. The summed E-state index contributed by atoms with van der Waals surface area (Å²) in [6.45, 7) is 1.22. The molecule has 11 heteroatoms. The van der Waals surface area contributed by atoms with Crippen LogP contribution in [0.3, 0.4) is 0 Å². The van der Waals surface area contributed by atoms with Crippen molar-refractivity contribution in [2.75, 3.05) is 5.32 Å². The molecule has 0 aliphatic rings. The summed E-state index contributed by atoms with van der Waals surface area (Å²) < 4.78 is 1.11. The van der Waals surface area contributed by atoms with Crippen molar-refractivity contribution in [3.8, 4) is 0 Å². The van der Waals surface area contributed by atoms with E-state index >= 15 is 0 Å². The van der Waals surface area contributed by atoms with Crippen LogP contribution in [0, 0.1) is 27.2 Å². The monoisotopic (exact) mass is 339 g/mol. The fraction of sp³-hybridized carbons (Fsp3) is 0.167. The van der Waals surface area contributed by atoms with E-state index in [2.05, 4.69) is 10.4 Å². The van der Waals surface area contributed by atoms with Crippen molar-refractivity contribution in [1.82, 2.24) is 9.78 Å². The number of non-ortho nitro benzene ring substituents is 1. The summed E-state index contributed by atoms with van der Waals surface area (Å²) >= 11 is 5.78. The Morgan fingerprint density at radius 3 is 2.35 bits per heavy atom. The Labute approximate surface area is 134 Å². The molecule has 0 saturated carbocycles. The molecule has 2 aromatic rings. The highest BCUT2D eigenvalue weighted by Gasteiger charge is 2.25. The summed E-state index contributed by atoms with van der Waals surface area (Å²) in [5.74, 6) is -1.02. The third kappa shape index (κ3) is 3.61. The molecule has 0 aliphatic carbocycles. The number of nitrogens with one attached hydrogen (secondary N) is 1. The zero-order valence-corrected chi connectivity index (χ0v) is 12.5. The van der Waals surface area contributed by atoms with Gasteiger partial charge in [0, 0.05) is 17.8 Å². The Hall–Kier alpha value is -3.01. The Balaban J connectivity index is 2.09. The van der Waals surface area contributed by atoms with Gasteiger partial charge in [-0.25, -0.2) is 0 Å². The van der Waals surface area contributed by atoms with Gasteiger partial charge in [-0.1, -0.05) is 11.6 Å². The molecular formula is C12H10ClN5O5. The summed E-state index contributed by atoms with van der Waals surface area (Å²) in [6, 6.07) is 5.25. The molecule has 1 heterocycles. The molecule has 1 N–H and O–H groups in total. The lowest BCUT2D eigenvalue weighted by molar-refractivity contribution is -0.389. The normalized spacial score (nSPS) is 10.3. The largest absolute Gasteiger partial charge is 0.408 e. The van der Waals surface area contributed by atoms with E-state index in [0.29, 0.717) is 5.69 Å². The maximum atomic E-state index is 11.9. The minimum absolute atomic E-state index is 0.103. The smallest absolute Gasteiger partial charge is 0.358 e. The third-order valence-corrected chi connectivity index (χ3v) is 3.39. The molecule has 2 rings (SSSR count). The van der Waals surface area contributed by atoms with Crippen molar-refractivity contribution in [3.05, 3.63) is 55.2 Å². The van der Waals surface area contributed by atoms with Gasteiger partial charge in [-0.3, -0.25) is 14.9 Å². The summed E-state index contributed by atoms with van der Waals surface area (Å²) in [7, 11) is 0. The molecule has 0 spiro atoms. The minimum atomic E-state index is -0.736. The number of nitro groups is 2. The van der Waals surface area contributed by atoms with Gasteiger partial charge in [0.15, 0.2) is 5.02 Å². The number of carbonyl (C=O) groups is 1. The molecule has 1 amide bonds. The number of aromatic nitrogens is 2. The number of nitrogens with zero attached hydrogens (tertiary/aromatic N) is 4. The van der Waals surface area contributed by atoms with E-state index in [1.54, 1.807) is 0 Å². The van der Waals surface area contributed by atoms with Gasteiger partial charge in [-0.05, 0) is 24.0 Å². The molecule has 0 atom stereocenters. The zero-order valence-electron chi connectivity index (χ0n) is 11.7. The van der Waals surface area contributed by atoms with Crippen LogP contribution in [0.4, 0.5) is 17.2 Å². The molecule has 0 aliphatic heterocycles. The number of carbonyl (C=O) groups excluding carboxylic acids is 1. The Morgan fingerprint density at radius 1 is 1.26 bits per heavy atom. The van der Waals surface area contributed by atoms with Crippen LogP contribution in [0.1, 0.15) is 5.69 Å². The molecule has 10 nitrogen and oxygen atoms in total. The lowest BCUT2D eigenvalue weighted by Gasteiger charge is -2.04. The highest BCUT2D eigenvalue weighted by atomic mass is 35.5. The Morgan fingerprint density at radius 2 is 1.87 bits per heavy atom. The van der Waals surface area contributed by atoms with Gasteiger partial charge in [0.2, 0.25) is 5.91 Å². The highest BCUT2D eigenvalue weighted by molar-refractivity contribution is 6.33. The molecular weight excluding hydrogens is 330 g/mol. The maximum Gasteiger partial charge on any atom is 0.408 e. The van der Waals surface area contributed by atoms with Gasteiger partial charge >= 0.3 is 5.82 Å². The van der Waals surface area contributed by atoms with Crippen LogP contribution in [0.25, 0.3) is 0 Å². The molecule has 0 fully saturated rings. The summed E-state index contributed by atoms with van der Waals surface area (Å²) in [5.41, 5.74) is 0.538. The molecule has 1 aromatic carbocycles. The lowest BCUT2D eigenvalue weighted by Crippen LogP contribution is -2.20. The molecule has 0 unspecified atom stereocenters. The van der Waals surface area contributed by atoms with E-state index in [1.165, 1.54) is 31.2 Å². The summed E-state index contributed by atoms with van der Waals surface area (Å²) in [5, 5.41) is 27.3. The number of rotatable bonds is 5. The van der Waals surface area contributed by atoms with Crippen LogP contribution in [-0.4, -0.2) is 25.5 Å². The summed E-state index contributed by atoms with van der Waals surface area (Å²) in [4.78, 5) is 31.9. The highest BCUT2D eigenvalue weighted by Crippen LogP contribution is 2.26. The SMILES string of the molecule is Cc1c(Cl)c([N+](=O)[O-])nn1CC(=O)Nc1ccc([N+](=O)[O-])cc1. The third-order valence-electron chi connectivity index (χ3n) is 2.94. The number of halogens is 1. The first kappa shape index (κ1) is 16.4. The molecule has 23 heavy (non-hydrogen) atoms. The van der Waals surface area contributed by atoms with Crippen molar-refractivity contribution in [2.24, 2.45) is 0 Å². The molecule has 0 bridgehead atoms. The molecule has 0 saturated heterocycles. The fourth-order valence-electron chi connectivity index (χ4n) is 1.78. The van der Waals surface area contributed by atoms with E-state index in [4.69, 9.17) is 11.6 Å². The summed E-state index contributed by atoms with van der Waals surface area (Å²) in [6.07, 6.45) is 0. The predicted octanol–water partition coefficient (Wildman–Crippen LogP) is 2.30. The van der Waals surface area contributed by atoms with Crippen molar-refractivity contribution in [1.29, 1.82) is 0 Å². The second-order valence-corrected chi connectivity index (χ2v) is 4.87. The van der Waals surface area contributed by atoms with Crippen LogP contribution >= 0.6 is 11.6 Å². The lowest BCUT2D eigenvalue weighted by atomic mass is 10.3. The fourth-order valence-corrected chi connectivity index (χ4v) is 1.99. The first-order valence-electron chi connectivity index (χ1n) is 6.21. The van der Waals surface area contributed by atoms with E-state index in [1.807, 2.05) is 0 Å². The van der Waals surface area contributed by atoms with Crippen molar-refractivity contribution in [3.63, 3.8) is 0 Å². The number of hydrogen-bond donors (Lipinski definition) is 1. The van der Waals surface area contributed by atoms with Gasteiger partial charge in [-0.15, -0.1) is 0 Å². The van der Waals surface area contributed by atoms with Crippen molar-refractivity contribution >= 4 is 34.7 Å². The minimum Gasteiger partial charge on any atom is -0.358 e. The quantitative estimate of drug-likeness (QED) is 0.656. The molecule has 1 aromatic heterocycles. The van der Waals surface area contributed by atoms with Gasteiger partial charge in [-0.2, -0.15) is 4.68 Å². The van der Waals surface area contributed by atoms with Crippen LogP contribution in [0.15, 0.2) is 24.3 Å². The van der Waals surface area contributed by atoms with E-state index in [9.17, 15) is 25.0 Å². The van der Waals surface area contributed by atoms with Crippen LogP contribution in [-0.2, 0) is 11.3 Å². The Bertz CT molecular complexity index is 786. The maximum absolute atomic E-state index is 11.9. The topological polar surface area (TPSA) is 133 Å². The average Bonchev–Trinajstić information content (AvgIpc) is 2.76. The molecule has 120 valence electrons. The zero-order chi connectivity index (χ0) is 17.1. The van der Waals surface area contributed by atoms with E-state index < -0.39 is 21.6 Å².